The van der Waals surface area contributed by atoms with Gasteiger partial charge in [0.1, 0.15) is 10.4 Å². The van der Waals surface area contributed by atoms with Crippen LogP contribution in [-0.4, -0.2) is 36.4 Å². The lowest BCUT2D eigenvalue weighted by molar-refractivity contribution is 0.0844. The highest BCUT2D eigenvalue weighted by molar-refractivity contribution is 9.10. The van der Waals surface area contributed by atoms with Crippen LogP contribution in [0, 0.1) is 0 Å². The van der Waals surface area contributed by atoms with Crippen LogP contribution in [0.5, 0.6) is 0 Å². The number of rotatable bonds is 4. The standard InChI is InChI=1S/C12H20BrN3O/c1-14-6-3-10-15-11(12(13)16(10)2)9-4-7-17-8-5-9/h9,14H,3-8H2,1-2H3. The van der Waals surface area contributed by atoms with Crippen LogP contribution in [0.2, 0.25) is 0 Å². The Morgan fingerprint density at radius 2 is 2.18 bits per heavy atom. The topological polar surface area (TPSA) is 39.1 Å². The van der Waals surface area contributed by atoms with Crippen LogP contribution in [0.4, 0.5) is 0 Å². The number of nitrogens with zero attached hydrogens (tertiary/aromatic N) is 2. The van der Waals surface area contributed by atoms with E-state index in [0.717, 1.165) is 49.4 Å². The molecule has 0 radical (unpaired) electrons. The van der Waals surface area contributed by atoms with Crippen LogP contribution < -0.4 is 5.32 Å². The fourth-order valence-electron chi connectivity index (χ4n) is 2.24. The molecule has 5 heteroatoms. The third kappa shape index (κ3) is 2.89. The van der Waals surface area contributed by atoms with E-state index in [4.69, 9.17) is 9.72 Å². The quantitative estimate of drug-likeness (QED) is 0.922. The highest BCUT2D eigenvalue weighted by Crippen LogP contribution is 2.32. The van der Waals surface area contributed by atoms with Crippen LogP contribution in [-0.2, 0) is 18.2 Å². The number of likely N-dealkylation sites (N-methyl/N-ethyl adjacent to an activating group) is 1. The SMILES string of the molecule is CNCCc1nc(C2CCOCC2)c(Br)n1C. The van der Waals surface area contributed by atoms with Gasteiger partial charge in [0.15, 0.2) is 0 Å². The van der Waals surface area contributed by atoms with E-state index in [1.807, 2.05) is 7.05 Å². The first-order valence-corrected chi connectivity index (χ1v) is 6.96. The van der Waals surface area contributed by atoms with E-state index < -0.39 is 0 Å². The molecule has 1 aromatic rings. The second kappa shape index (κ2) is 5.98. The van der Waals surface area contributed by atoms with Crippen molar-refractivity contribution in [2.45, 2.75) is 25.2 Å². The summed E-state index contributed by atoms with van der Waals surface area (Å²) in [6, 6.07) is 0. The van der Waals surface area contributed by atoms with Crippen LogP contribution in [0.3, 0.4) is 0 Å². The van der Waals surface area contributed by atoms with E-state index in [-0.39, 0.29) is 0 Å². The maximum absolute atomic E-state index is 5.40. The lowest BCUT2D eigenvalue weighted by atomic mass is 9.97. The Hall–Kier alpha value is -0.390. The molecule has 1 saturated heterocycles. The molecule has 0 aliphatic carbocycles. The summed E-state index contributed by atoms with van der Waals surface area (Å²) in [7, 11) is 4.04. The van der Waals surface area contributed by atoms with Crippen molar-refractivity contribution in [3.05, 3.63) is 16.1 Å². The normalized spacial score (nSPS) is 17.6. The second-order valence-electron chi connectivity index (χ2n) is 4.50. The smallest absolute Gasteiger partial charge is 0.110 e. The maximum atomic E-state index is 5.40. The van der Waals surface area contributed by atoms with Crippen molar-refractivity contribution < 1.29 is 4.74 Å². The van der Waals surface area contributed by atoms with Gasteiger partial charge in [-0.1, -0.05) is 0 Å². The van der Waals surface area contributed by atoms with Crippen LogP contribution in [0.1, 0.15) is 30.3 Å². The first-order chi connectivity index (χ1) is 8.24. The molecule has 0 bridgehead atoms. The van der Waals surface area contributed by atoms with Gasteiger partial charge in [-0.25, -0.2) is 4.98 Å². The Bertz CT molecular complexity index is 372. The number of imidazole rings is 1. The first-order valence-electron chi connectivity index (χ1n) is 6.17. The van der Waals surface area contributed by atoms with Gasteiger partial charge in [-0.15, -0.1) is 0 Å². The van der Waals surface area contributed by atoms with Crippen LogP contribution >= 0.6 is 15.9 Å². The minimum Gasteiger partial charge on any atom is -0.381 e. The molecule has 2 heterocycles. The zero-order chi connectivity index (χ0) is 12.3. The summed E-state index contributed by atoms with van der Waals surface area (Å²) in [5.41, 5.74) is 1.21. The van der Waals surface area contributed by atoms with E-state index in [0.29, 0.717) is 5.92 Å². The highest BCUT2D eigenvalue weighted by Gasteiger charge is 2.23. The summed E-state index contributed by atoms with van der Waals surface area (Å²) in [5.74, 6) is 1.69. The van der Waals surface area contributed by atoms with E-state index in [2.05, 4.69) is 32.9 Å². The van der Waals surface area contributed by atoms with E-state index >= 15 is 0 Å². The Balaban J connectivity index is 2.16. The Morgan fingerprint density at radius 3 is 2.82 bits per heavy atom. The predicted octanol–water partition coefficient (Wildman–Crippen LogP) is 1.84. The molecule has 1 aliphatic heterocycles. The van der Waals surface area contributed by atoms with Gasteiger partial charge in [-0.2, -0.15) is 0 Å². The fraction of sp³-hybridized carbons (Fsp3) is 0.750. The van der Waals surface area contributed by atoms with Crippen molar-refractivity contribution in [1.29, 1.82) is 0 Å². The molecule has 0 spiro atoms. The molecule has 2 rings (SSSR count). The molecule has 0 saturated carbocycles. The molecule has 1 N–H and O–H groups in total. The number of ether oxygens (including phenoxy) is 1. The van der Waals surface area contributed by atoms with E-state index in [1.54, 1.807) is 0 Å². The molecule has 1 aliphatic rings. The van der Waals surface area contributed by atoms with Gasteiger partial charge in [-0.05, 0) is 35.8 Å². The summed E-state index contributed by atoms with van der Waals surface area (Å²) in [6.45, 7) is 2.68. The molecule has 0 unspecified atom stereocenters. The summed E-state index contributed by atoms with van der Waals surface area (Å²) in [4.78, 5) is 4.79. The summed E-state index contributed by atoms with van der Waals surface area (Å²) >= 11 is 3.67. The summed E-state index contributed by atoms with van der Waals surface area (Å²) < 4.78 is 8.69. The van der Waals surface area contributed by atoms with Crippen molar-refractivity contribution in [2.24, 2.45) is 7.05 Å². The van der Waals surface area contributed by atoms with Crippen molar-refractivity contribution in [1.82, 2.24) is 14.9 Å². The van der Waals surface area contributed by atoms with Gasteiger partial charge in [0, 0.05) is 39.1 Å². The Kier molecular flexibility index (Phi) is 4.59. The van der Waals surface area contributed by atoms with E-state index in [1.165, 1.54) is 5.69 Å². The average molecular weight is 302 g/mol. The Morgan fingerprint density at radius 1 is 1.47 bits per heavy atom. The third-order valence-electron chi connectivity index (χ3n) is 3.35. The number of aromatic nitrogens is 2. The van der Waals surface area contributed by atoms with Crippen LogP contribution in [0.25, 0.3) is 0 Å². The zero-order valence-corrected chi connectivity index (χ0v) is 12.1. The molecular formula is C12H20BrN3O. The van der Waals surface area contributed by atoms with Gasteiger partial charge in [0.05, 0.1) is 5.69 Å². The maximum Gasteiger partial charge on any atom is 0.110 e. The number of nitrogens with one attached hydrogen (secondary N) is 1. The minimum absolute atomic E-state index is 0.549. The number of halogens is 1. The van der Waals surface area contributed by atoms with Gasteiger partial charge < -0.3 is 14.6 Å². The molecular weight excluding hydrogens is 282 g/mol. The molecule has 0 aromatic carbocycles. The minimum atomic E-state index is 0.549. The van der Waals surface area contributed by atoms with Gasteiger partial charge in [-0.3, -0.25) is 0 Å². The highest BCUT2D eigenvalue weighted by atomic mass is 79.9. The summed E-state index contributed by atoms with van der Waals surface area (Å²) in [5, 5.41) is 3.16. The lowest BCUT2D eigenvalue weighted by Gasteiger charge is -2.20. The molecule has 1 aromatic heterocycles. The third-order valence-corrected chi connectivity index (χ3v) is 4.29. The molecule has 96 valence electrons. The molecule has 4 nitrogen and oxygen atoms in total. The van der Waals surface area contributed by atoms with Crippen molar-refractivity contribution in [3.8, 4) is 0 Å². The number of hydrogen-bond acceptors (Lipinski definition) is 3. The van der Waals surface area contributed by atoms with Crippen molar-refractivity contribution in [2.75, 3.05) is 26.8 Å². The zero-order valence-electron chi connectivity index (χ0n) is 10.5. The monoisotopic (exact) mass is 301 g/mol. The lowest BCUT2D eigenvalue weighted by Crippen LogP contribution is -2.15. The predicted molar refractivity (Wildman–Crippen MR) is 71.3 cm³/mol. The molecule has 0 atom stereocenters. The molecule has 0 amide bonds. The Labute approximate surface area is 111 Å². The average Bonchev–Trinajstić information content (AvgIpc) is 2.65. The van der Waals surface area contributed by atoms with E-state index in [9.17, 15) is 0 Å². The molecule has 17 heavy (non-hydrogen) atoms. The number of hydrogen-bond donors (Lipinski definition) is 1. The fourth-order valence-corrected chi connectivity index (χ4v) is 2.85. The van der Waals surface area contributed by atoms with Gasteiger partial charge in [0.25, 0.3) is 0 Å². The van der Waals surface area contributed by atoms with Crippen molar-refractivity contribution >= 4 is 15.9 Å². The van der Waals surface area contributed by atoms with Crippen LogP contribution in [0.15, 0.2) is 4.60 Å². The molecule has 1 fully saturated rings. The van der Waals surface area contributed by atoms with Crippen molar-refractivity contribution in [3.63, 3.8) is 0 Å². The first kappa shape index (κ1) is 13.1. The van der Waals surface area contributed by atoms with Gasteiger partial charge >= 0.3 is 0 Å². The summed E-state index contributed by atoms with van der Waals surface area (Å²) in [6.07, 6.45) is 3.14. The second-order valence-corrected chi connectivity index (χ2v) is 5.25. The van der Waals surface area contributed by atoms with Gasteiger partial charge in [0.2, 0.25) is 0 Å². The largest absolute Gasteiger partial charge is 0.381 e.